The standard InChI is InChI=1S/C12H16N2O2/c1-8-5-6-14(12(8)15)9-3-4-10(13)11(7-9)16-2/h3-4,7-8H,5-6,13H2,1-2H3. The predicted octanol–water partition coefficient (Wildman–Crippen LogP) is 1.65. The van der Waals surface area contributed by atoms with Crippen LogP contribution in [0.15, 0.2) is 18.2 Å². The Labute approximate surface area is 95.0 Å². The summed E-state index contributed by atoms with van der Waals surface area (Å²) in [5.41, 5.74) is 7.18. The van der Waals surface area contributed by atoms with Crippen molar-refractivity contribution in [2.24, 2.45) is 5.92 Å². The number of carbonyl (C=O) groups excluding carboxylic acids is 1. The number of amides is 1. The van der Waals surface area contributed by atoms with Crippen molar-refractivity contribution in [1.29, 1.82) is 0 Å². The lowest BCUT2D eigenvalue weighted by Crippen LogP contribution is -2.26. The van der Waals surface area contributed by atoms with Crippen LogP contribution in [0.3, 0.4) is 0 Å². The van der Waals surface area contributed by atoms with E-state index in [0.29, 0.717) is 11.4 Å². The van der Waals surface area contributed by atoms with E-state index < -0.39 is 0 Å². The Morgan fingerprint density at radius 3 is 2.81 bits per heavy atom. The van der Waals surface area contributed by atoms with Crippen LogP contribution in [0, 0.1) is 5.92 Å². The van der Waals surface area contributed by atoms with Crippen molar-refractivity contribution in [1.82, 2.24) is 0 Å². The predicted molar refractivity (Wildman–Crippen MR) is 63.5 cm³/mol. The molecule has 0 saturated carbocycles. The lowest BCUT2D eigenvalue weighted by molar-refractivity contribution is -0.119. The number of nitrogens with two attached hydrogens (primary N) is 1. The fourth-order valence-corrected chi connectivity index (χ4v) is 1.95. The molecule has 1 unspecified atom stereocenters. The molecule has 1 saturated heterocycles. The molecule has 1 atom stereocenters. The summed E-state index contributed by atoms with van der Waals surface area (Å²) in [6, 6.07) is 5.43. The Hall–Kier alpha value is -1.71. The Morgan fingerprint density at radius 1 is 1.50 bits per heavy atom. The molecule has 1 aliphatic heterocycles. The molecule has 0 aliphatic carbocycles. The van der Waals surface area contributed by atoms with Gasteiger partial charge in [-0.3, -0.25) is 4.79 Å². The van der Waals surface area contributed by atoms with Crippen molar-refractivity contribution in [2.75, 3.05) is 24.3 Å². The number of anilines is 2. The number of hydrogen-bond acceptors (Lipinski definition) is 3. The molecule has 86 valence electrons. The van der Waals surface area contributed by atoms with Gasteiger partial charge in [-0.2, -0.15) is 0 Å². The van der Waals surface area contributed by atoms with E-state index in [2.05, 4.69) is 0 Å². The van der Waals surface area contributed by atoms with Gasteiger partial charge in [0.25, 0.3) is 0 Å². The molecule has 2 N–H and O–H groups in total. The van der Waals surface area contributed by atoms with Crippen LogP contribution in [0.25, 0.3) is 0 Å². The molecule has 1 aromatic rings. The topological polar surface area (TPSA) is 55.6 Å². The van der Waals surface area contributed by atoms with Gasteiger partial charge in [-0.1, -0.05) is 6.92 Å². The van der Waals surface area contributed by atoms with Crippen LogP contribution in [0.2, 0.25) is 0 Å². The third kappa shape index (κ3) is 1.71. The van der Waals surface area contributed by atoms with Crippen molar-refractivity contribution < 1.29 is 9.53 Å². The summed E-state index contributed by atoms with van der Waals surface area (Å²) in [5.74, 6) is 0.903. The number of carbonyl (C=O) groups is 1. The molecular formula is C12H16N2O2. The molecule has 1 heterocycles. The van der Waals surface area contributed by atoms with E-state index in [0.717, 1.165) is 18.7 Å². The van der Waals surface area contributed by atoms with E-state index >= 15 is 0 Å². The molecule has 1 aromatic carbocycles. The first kappa shape index (κ1) is 10.8. The van der Waals surface area contributed by atoms with Crippen molar-refractivity contribution in [3.63, 3.8) is 0 Å². The summed E-state index contributed by atoms with van der Waals surface area (Å²) in [4.78, 5) is 13.6. The average molecular weight is 220 g/mol. The minimum atomic E-state index is 0.114. The number of benzene rings is 1. The van der Waals surface area contributed by atoms with Crippen LogP contribution in [-0.2, 0) is 4.79 Å². The van der Waals surface area contributed by atoms with Gasteiger partial charge >= 0.3 is 0 Å². The SMILES string of the molecule is COc1cc(N2CCC(C)C2=O)ccc1N. The van der Waals surface area contributed by atoms with Crippen LogP contribution < -0.4 is 15.4 Å². The quantitative estimate of drug-likeness (QED) is 0.771. The molecule has 0 aromatic heterocycles. The number of methoxy groups -OCH3 is 1. The normalized spacial score (nSPS) is 20.2. The summed E-state index contributed by atoms with van der Waals surface area (Å²) in [7, 11) is 1.57. The smallest absolute Gasteiger partial charge is 0.229 e. The van der Waals surface area contributed by atoms with Crippen LogP contribution in [0.4, 0.5) is 11.4 Å². The monoisotopic (exact) mass is 220 g/mol. The van der Waals surface area contributed by atoms with Crippen molar-refractivity contribution in [2.45, 2.75) is 13.3 Å². The summed E-state index contributed by atoms with van der Waals surface area (Å²) in [5, 5.41) is 0. The molecule has 2 rings (SSSR count). The first-order valence-corrected chi connectivity index (χ1v) is 5.38. The zero-order valence-electron chi connectivity index (χ0n) is 9.56. The first-order valence-electron chi connectivity index (χ1n) is 5.38. The second-order valence-corrected chi connectivity index (χ2v) is 4.11. The van der Waals surface area contributed by atoms with Gasteiger partial charge in [0.15, 0.2) is 0 Å². The lowest BCUT2D eigenvalue weighted by Gasteiger charge is -2.17. The molecule has 0 bridgehead atoms. The fraction of sp³-hybridized carbons (Fsp3) is 0.417. The van der Waals surface area contributed by atoms with Gasteiger partial charge in [0.1, 0.15) is 5.75 Å². The van der Waals surface area contributed by atoms with E-state index in [4.69, 9.17) is 10.5 Å². The van der Waals surface area contributed by atoms with Crippen LogP contribution >= 0.6 is 0 Å². The van der Waals surface area contributed by atoms with Gasteiger partial charge in [0.05, 0.1) is 12.8 Å². The number of hydrogen-bond donors (Lipinski definition) is 1. The summed E-state index contributed by atoms with van der Waals surface area (Å²) < 4.78 is 5.14. The highest BCUT2D eigenvalue weighted by Gasteiger charge is 2.29. The van der Waals surface area contributed by atoms with E-state index in [-0.39, 0.29) is 11.8 Å². The fourth-order valence-electron chi connectivity index (χ4n) is 1.95. The molecule has 4 heteroatoms. The molecule has 1 aliphatic rings. The van der Waals surface area contributed by atoms with Crippen molar-refractivity contribution in [3.05, 3.63) is 18.2 Å². The molecule has 0 spiro atoms. The van der Waals surface area contributed by atoms with Crippen LogP contribution in [0.1, 0.15) is 13.3 Å². The average Bonchev–Trinajstić information content (AvgIpc) is 2.61. The van der Waals surface area contributed by atoms with Crippen LogP contribution in [0.5, 0.6) is 5.75 Å². The molecule has 16 heavy (non-hydrogen) atoms. The number of rotatable bonds is 2. The molecule has 0 radical (unpaired) electrons. The van der Waals surface area contributed by atoms with Gasteiger partial charge in [-0.15, -0.1) is 0 Å². The second kappa shape index (κ2) is 4.04. The zero-order valence-corrected chi connectivity index (χ0v) is 9.56. The summed E-state index contributed by atoms with van der Waals surface area (Å²) >= 11 is 0. The highest BCUT2D eigenvalue weighted by atomic mass is 16.5. The van der Waals surface area contributed by atoms with E-state index in [9.17, 15) is 4.79 Å². The minimum absolute atomic E-state index is 0.114. The Morgan fingerprint density at radius 2 is 2.25 bits per heavy atom. The summed E-state index contributed by atoms with van der Waals surface area (Å²) in [6.07, 6.45) is 0.908. The maximum absolute atomic E-state index is 11.8. The van der Waals surface area contributed by atoms with Gasteiger partial charge in [0.2, 0.25) is 5.91 Å². The molecule has 1 amide bonds. The number of ether oxygens (including phenoxy) is 1. The molecule has 4 nitrogen and oxygen atoms in total. The Balaban J connectivity index is 2.31. The summed E-state index contributed by atoms with van der Waals surface area (Å²) in [6.45, 7) is 2.73. The zero-order chi connectivity index (χ0) is 11.7. The highest BCUT2D eigenvalue weighted by molar-refractivity contribution is 5.97. The molecule has 1 fully saturated rings. The van der Waals surface area contributed by atoms with Gasteiger partial charge < -0.3 is 15.4 Å². The minimum Gasteiger partial charge on any atom is -0.495 e. The van der Waals surface area contributed by atoms with E-state index in [1.54, 1.807) is 18.1 Å². The maximum atomic E-state index is 11.8. The van der Waals surface area contributed by atoms with Gasteiger partial charge in [0, 0.05) is 24.2 Å². The van der Waals surface area contributed by atoms with Gasteiger partial charge in [-0.25, -0.2) is 0 Å². The lowest BCUT2D eigenvalue weighted by atomic mass is 10.1. The van der Waals surface area contributed by atoms with Crippen molar-refractivity contribution in [3.8, 4) is 5.75 Å². The Kier molecular flexibility index (Phi) is 2.73. The third-order valence-electron chi connectivity index (χ3n) is 3.00. The third-order valence-corrected chi connectivity index (χ3v) is 3.00. The van der Waals surface area contributed by atoms with E-state index in [1.165, 1.54) is 0 Å². The largest absolute Gasteiger partial charge is 0.495 e. The highest BCUT2D eigenvalue weighted by Crippen LogP contribution is 2.31. The van der Waals surface area contributed by atoms with Crippen molar-refractivity contribution >= 4 is 17.3 Å². The maximum Gasteiger partial charge on any atom is 0.229 e. The molecular weight excluding hydrogens is 204 g/mol. The van der Waals surface area contributed by atoms with Crippen LogP contribution in [-0.4, -0.2) is 19.6 Å². The Bertz CT molecular complexity index is 417. The number of nitrogens with zero attached hydrogens (tertiary/aromatic N) is 1. The van der Waals surface area contributed by atoms with Gasteiger partial charge in [-0.05, 0) is 18.6 Å². The first-order chi connectivity index (χ1) is 7.63. The number of nitrogen functional groups attached to an aromatic ring is 1. The van der Waals surface area contributed by atoms with E-state index in [1.807, 2.05) is 19.1 Å². The second-order valence-electron chi connectivity index (χ2n) is 4.11.